The maximum atomic E-state index is 13.1. The Hall–Kier alpha value is -2.33. The van der Waals surface area contributed by atoms with E-state index in [1.54, 1.807) is 44.0 Å². The molecule has 0 saturated carbocycles. The summed E-state index contributed by atoms with van der Waals surface area (Å²) in [7, 11) is 3.18. The topological polar surface area (TPSA) is 71.1 Å². The molecule has 0 aromatic heterocycles. The van der Waals surface area contributed by atoms with Crippen LogP contribution in [0.4, 0.5) is 18.9 Å². The number of amides is 2. The molecule has 0 bridgehead atoms. The van der Waals surface area contributed by atoms with Crippen molar-refractivity contribution in [2.75, 3.05) is 45.7 Å². The smallest absolute Gasteiger partial charge is 0.390 e. The van der Waals surface area contributed by atoms with Gasteiger partial charge in [-0.25, -0.2) is 0 Å². The Kier molecular flexibility index (Phi) is 9.54. The minimum atomic E-state index is -4.26. The van der Waals surface area contributed by atoms with E-state index in [2.05, 4.69) is 5.32 Å². The first-order chi connectivity index (χ1) is 15.4. The number of carbonyl (C=O) groups is 2. The van der Waals surface area contributed by atoms with Gasteiger partial charge in [-0.15, -0.1) is 0 Å². The SMILES string of the molecule is CCC(=O)Nc1ccc2c(c1)OC[C@@H](C)N(CCC(F)(F)F)C[C@H](C)[C@H](OC)CN(C)C2=O. The Morgan fingerprint density at radius 2 is 1.97 bits per heavy atom. The van der Waals surface area contributed by atoms with Crippen molar-refractivity contribution in [3.8, 4) is 5.75 Å². The van der Waals surface area contributed by atoms with E-state index in [1.807, 2.05) is 6.92 Å². The maximum Gasteiger partial charge on any atom is 0.390 e. The van der Waals surface area contributed by atoms with E-state index >= 15 is 0 Å². The van der Waals surface area contributed by atoms with Crippen LogP contribution in [-0.4, -0.2) is 80.3 Å². The van der Waals surface area contributed by atoms with Gasteiger partial charge in [-0.2, -0.15) is 13.2 Å². The van der Waals surface area contributed by atoms with Crippen molar-refractivity contribution in [1.82, 2.24) is 9.80 Å². The second kappa shape index (κ2) is 11.7. The van der Waals surface area contributed by atoms with E-state index in [9.17, 15) is 22.8 Å². The molecule has 0 fully saturated rings. The molecule has 0 spiro atoms. The Bertz CT molecular complexity index is 819. The fraction of sp³-hybridized carbons (Fsp3) is 0.652. The molecule has 1 N–H and O–H groups in total. The predicted molar refractivity (Wildman–Crippen MR) is 119 cm³/mol. The average molecular weight is 474 g/mol. The number of benzene rings is 1. The van der Waals surface area contributed by atoms with Crippen molar-refractivity contribution in [2.24, 2.45) is 5.92 Å². The second-order valence-electron chi connectivity index (χ2n) is 8.57. The molecule has 3 atom stereocenters. The molecule has 0 saturated heterocycles. The van der Waals surface area contributed by atoms with Crippen LogP contribution in [0.2, 0.25) is 0 Å². The van der Waals surface area contributed by atoms with E-state index in [4.69, 9.17) is 9.47 Å². The molecule has 10 heteroatoms. The van der Waals surface area contributed by atoms with Crippen LogP contribution in [0.25, 0.3) is 0 Å². The predicted octanol–water partition coefficient (Wildman–Crippen LogP) is 3.79. The zero-order valence-electron chi connectivity index (χ0n) is 19.9. The molecule has 0 radical (unpaired) electrons. The highest BCUT2D eigenvalue weighted by Gasteiger charge is 2.32. The number of nitrogens with zero attached hydrogens (tertiary/aromatic N) is 2. The summed E-state index contributed by atoms with van der Waals surface area (Å²) in [5, 5.41) is 2.73. The quantitative estimate of drug-likeness (QED) is 0.705. The van der Waals surface area contributed by atoms with Crippen molar-refractivity contribution >= 4 is 17.5 Å². The summed E-state index contributed by atoms with van der Waals surface area (Å²) in [4.78, 5) is 28.2. The Balaban J connectivity index is 2.39. The molecule has 0 aliphatic carbocycles. The normalized spacial score (nSPS) is 23.2. The highest BCUT2D eigenvalue weighted by Crippen LogP contribution is 2.27. The van der Waals surface area contributed by atoms with Gasteiger partial charge in [0.05, 0.1) is 18.1 Å². The first-order valence-corrected chi connectivity index (χ1v) is 11.1. The first kappa shape index (κ1) is 26.9. The largest absolute Gasteiger partial charge is 0.491 e. The van der Waals surface area contributed by atoms with E-state index in [0.717, 1.165) is 0 Å². The van der Waals surface area contributed by atoms with Crippen LogP contribution in [0.1, 0.15) is 44.0 Å². The Morgan fingerprint density at radius 3 is 2.58 bits per heavy atom. The van der Waals surface area contributed by atoms with Crippen molar-refractivity contribution < 1.29 is 32.2 Å². The van der Waals surface area contributed by atoms with Crippen LogP contribution in [-0.2, 0) is 9.53 Å². The molecule has 1 aromatic rings. The van der Waals surface area contributed by atoms with Gasteiger partial charge in [0.15, 0.2) is 0 Å². The molecule has 0 unspecified atom stereocenters. The lowest BCUT2D eigenvalue weighted by molar-refractivity contribution is -0.140. The van der Waals surface area contributed by atoms with Crippen LogP contribution in [0.15, 0.2) is 18.2 Å². The molecular formula is C23H34F3N3O4. The van der Waals surface area contributed by atoms with E-state index in [1.165, 1.54) is 12.0 Å². The second-order valence-corrected chi connectivity index (χ2v) is 8.57. The van der Waals surface area contributed by atoms with Gasteiger partial charge in [0.2, 0.25) is 5.91 Å². The standard InChI is InChI=1S/C23H34F3N3O4/c1-6-21(30)27-17-7-8-18-19(11-17)33-14-16(3)29(10-9-23(24,25)26)12-15(2)20(32-5)13-28(4)22(18)31/h7-8,11,15-16,20H,6,9-10,12-14H2,1-5H3,(H,27,30)/t15-,16+,20+/m0/s1. The molecule has 7 nitrogen and oxygen atoms in total. The molecule has 1 aliphatic heterocycles. The van der Waals surface area contributed by atoms with Gasteiger partial charge in [0, 0.05) is 58.0 Å². The number of carbonyl (C=O) groups excluding carboxylic acids is 2. The van der Waals surface area contributed by atoms with Gasteiger partial charge in [-0.3, -0.25) is 14.5 Å². The van der Waals surface area contributed by atoms with E-state index < -0.39 is 12.6 Å². The van der Waals surface area contributed by atoms with Crippen molar-refractivity contribution in [1.29, 1.82) is 0 Å². The van der Waals surface area contributed by atoms with Gasteiger partial charge in [0.25, 0.3) is 5.91 Å². The van der Waals surface area contributed by atoms with Gasteiger partial charge < -0.3 is 19.7 Å². The average Bonchev–Trinajstić information content (AvgIpc) is 2.76. The third-order valence-electron chi connectivity index (χ3n) is 5.86. The number of alkyl halides is 3. The summed E-state index contributed by atoms with van der Waals surface area (Å²) >= 11 is 0. The highest BCUT2D eigenvalue weighted by atomic mass is 19.4. The number of ether oxygens (including phenoxy) is 2. The van der Waals surface area contributed by atoms with Crippen LogP contribution in [0.5, 0.6) is 5.75 Å². The van der Waals surface area contributed by atoms with Gasteiger partial charge in [-0.1, -0.05) is 13.8 Å². The van der Waals surface area contributed by atoms with E-state index in [0.29, 0.717) is 24.2 Å². The van der Waals surface area contributed by atoms with Crippen LogP contribution in [0, 0.1) is 5.92 Å². The minimum Gasteiger partial charge on any atom is -0.491 e. The maximum absolute atomic E-state index is 13.1. The number of methoxy groups -OCH3 is 1. The highest BCUT2D eigenvalue weighted by molar-refractivity contribution is 5.98. The monoisotopic (exact) mass is 473 g/mol. The minimum absolute atomic E-state index is 0.0808. The number of likely N-dealkylation sites (N-methyl/N-ethyl adjacent to an activating group) is 1. The molecule has 1 aliphatic rings. The fourth-order valence-corrected chi connectivity index (χ4v) is 3.76. The summed E-state index contributed by atoms with van der Waals surface area (Å²) < 4.78 is 50.3. The fourth-order valence-electron chi connectivity index (χ4n) is 3.76. The molecule has 186 valence electrons. The number of hydrogen-bond acceptors (Lipinski definition) is 5. The zero-order valence-corrected chi connectivity index (χ0v) is 19.9. The molecule has 33 heavy (non-hydrogen) atoms. The lowest BCUT2D eigenvalue weighted by Crippen LogP contribution is -2.47. The number of halogens is 3. The summed E-state index contributed by atoms with van der Waals surface area (Å²) in [6.07, 6.45) is -5.25. The molecular weight excluding hydrogens is 439 g/mol. The van der Waals surface area contributed by atoms with E-state index in [-0.39, 0.29) is 55.3 Å². The number of hydrogen-bond donors (Lipinski definition) is 1. The summed E-state index contributed by atoms with van der Waals surface area (Å²) in [6.45, 7) is 5.98. The van der Waals surface area contributed by atoms with Crippen molar-refractivity contribution in [3.05, 3.63) is 23.8 Å². The van der Waals surface area contributed by atoms with Gasteiger partial charge in [0.1, 0.15) is 12.4 Å². The lowest BCUT2D eigenvalue weighted by atomic mass is 10.0. The van der Waals surface area contributed by atoms with Gasteiger partial charge >= 0.3 is 6.18 Å². The summed E-state index contributed by atoms with van der Waals surface area (Å²) in [6, 6.07) is 4.44. The van der Waals surface area contributed by atoms with Gasteiger partial charge in [-0.05, 0) is 25.0 Å². The Labute approximate surface area is 193 Å². The van der Waals surface area contributed by atoms with Crippen LogP contribution < -0.4 is 10.1 Å². The zero-order chi connectivity index (χ0) is 24.8. The number of rotatable bonds is 5. The number of fused-ring (bicyclic) bond motifs is 1. The number of anilines is 1. The first-order valence-electron chi connectivity index (χ1n) is 11.1. The number of nitrogens with one attached hydrogen (secondary N) is 1. The summed E-state index contributed by atoms with van der Waals surface area (Å²) in [5.41, 5.74) is 0.789. The lowest BCUT2D eigenvalue weighted by Gasteiger charge is -2.36. The van der Waals surface area contributed by atoms with Crippen LogP contribution in [0.3, 0.4) is 0 Å². The third-order valence-corrected chi connectivity index (χ3v) is 5.86. The molecule has 1 aromatic carbocycles. The Morgan fingerprint density at radius 1 is 1.27 bits per heavy atom. The van der Waals surface area contributed by atoms with Crippen molar-refractivity contribution in [3.63, 3.8) is 0 Å². The summed E-state index contributed by atoms with van der Waals surface area (Å²) in [5.74, 6) is -0.303. The third kappa shape index (κ3) is 7.89. The molecule has 2 amide bonds. The van der Waals surface area contributed by atoms with Crippen LogP contribution >= 0.6 is 0 Å². The molecule has 1 heterocycles. The van der Waals surface area contributed by atoms with Crippen molar-refractivity contribution in [2.45, 2.75) is 51.9 Å². The molecule has 2 rings (SSSR count).